The van der Waals surface area contributed by atoms with Crippen molar-refractivity contribution >= 4 is 0 Å². The number of alkyl halides is 2. The number of aromatic nitrogens is 2. The number of nitrogens with two attached hydrogens (primary N) is 1. The van der Waals surface area contributed by atoms with Gasteiger partial charge in [0.15, 0.2) is 0 Å². The van der Waals surface area contributed by atoms with Crippen molar-refractivity contribution in [3.8, 4) is 0 Å². The number of nitrogens with zero attached hydrogens (tertiary/aromatic N) is 2. The third-order valence-electron chi connectivity index (χ3n) is 2.13. The van der Waals surface area contributed by atoms with E-state index >= 15 is 0 Å². The second kappa shape index (κ2) is 6.55. The van der Waals surface area contributed by atoms with E-state index in [1.807, 2.05) is 13.2 Å². The first-order valence-corrected chi connectivity index (χ1v) is 5.17. The van der Waals surface area contributed by atoms with E-state index in [-0.39, 0.29) is 12.6 Å². The van der Waals surface area contributed by atoms with Crippen LogP contribution in [0.1, 0.15) is 12.0 Å². The predicted molar refractivity (Wildman–Crippen MR) is 56.3 cm³/mol. The average Bonchev–Trinajstić information content (AvgIpc) is 2.58. The lowest BCUT2D eigenvalue weighted by molar-refractivity contribution is 0.0153. The molecule has 0 aromatic carbocycles. The van der Waals surface area contributed by atoms with Crippen LogP contribution in [0.25, 0.3) is 0 Å². The number of aryl methyl sites for hydroxylation is 1. The molecular formula is C10H17F2N3O. The predicted octanol–water partition coefficient (Wildman–Crippen LogP) is 0.962. The maximum atomic E-state index is 11.7. The van der Waals surface area contributed by atoms with Crippen LogP contribution in [0.5, 0.6) is 0 Å². The largest absolute Gasteiger partial charge is 0.375 e. The molecule has 0 aliphatic heterocycles. The second-order valence-corrected chi connectivity index (χ2v) is 3.74. The van der Waals surface area contributed by atoms with E-state index in [4.69, 9.17) is 10.5 Å². The van der Waals surface area contributed by atoms with Crippen molar-refractivity contribution in [1.82, 2.24) is 9.78 Å². The van der Waals surface area contributed by atoms with Gasteiger partial charge in [0.1, 0.15) is 6.61 Å². The first-order chi connectivity index (χ1) is 7.58. The Balaban J connectivity index is 2.13. The Morgan fingerprint density at radius 2 is 2.31 bits per heavy atom. The molecule has 2 N–H and O–H groups in total. The molecule has 1 rings (SSSR count). The van der Waals surface area contributed by atoms with E-state index < -0.39 is 13.0 Å². The molecule has 1 unspecified atom stereocenters. The smallest absolute Gasteiger partial charge is 0.261 e. The van der Waals surface area contributed by atoms with E-state index in [1.165, 1.54) is 0 Å². The second-order valence-electron chi connectivity index (χ2n) is 3.74. The van der Waals surface area contributed by atoms with Gasteiger partial charge in [-0.05, 0) is 18.4 Å². The lowest BCUT2D eigenvalue weighted by atomic mass is 10.1. The van der Waals surface area contributed by atoms with Crippen molar-refractivity contribution in [2.24, 2.45) is 12.8 Å². The van der Waals surface area contributed by atoms with Crippen molar-refractivity contribution in [2.75, 3.05) is 13.2 Å². The molecule has 0 saturated carbocycles. The van der Waals surface area contributed by atoms with E-state index in [2.05, 4.69) is 5.10 Å². The van der Waals surface area contributed by atoms with E-state index in [0.717, 1.165) is 5.56 Å². The van der Waals surface area contributed by atoms with Crippen molar-refractivity contribution < 1.29 is 13.5 Å². The third-order valence-corrected chi connectivity index (χ3v) is 2.13. The molecule has 0 aliphatic carbocycles. The Hall–Kier alpha value is -1.01. The van der Waals surface area contributed by atoms with E-state index in [1.54, 1.807) is 10.9 Å². The lowest BCUT2D eigenvalue weighted by Crippen LogP contribution is -2.25. The molecule has 0 aliphatic rings. The normalized spacial score (nSPS) is 13.3. The lowest BCUT2D eigenvalue weighted by Gasteiger charge is -2.10. The highest BCUT2D eigenvalue weighted by atomic mass is 19.3. The number of hydrogen-bond donors (Lipinski definition) is 1. The molecule has 1 aromatic rings. The fraction of sp³-hybridized carbons (Fsp3) is 0.700. The molecule has 6 heteroatoms. The topological polar surface area (TPSA) is 53.1 Å². The van der Waals surface area contributed by atoms with E-state index in [0.29, 0.717) is 12.8 Å². The van der Waals surface area contributed by atoms with Crippen LogP contribution in [0, 0.1) is 0 Å². The third kappa shape index (κ3) is 5.18. The van der Waals surface area contributed by atoms with Gasteiger partial charge in [0, 0.05) is 25.9 Å². The molecule has 1 aromatic heterocycles. The molecule has 0 amide bonds. The van der Waals surface area contributed by atoms with Crippen molar-refractivity contribution in [3.05, 3.63) is 18.0 Å². The summed E-state index contributed by atoms with van der Waals surface area (Å²) in [6, 6.07) is -0.0816. The molecule has 4 nitrogen and oxygen atoms in total. The Morgan fingerprint density at radius 3 is 2.88 bits per heavy atom. The zero-order valence-electron chi connectivity index (χ0n) is 9.27. The van der Waals surface area contributed by atoms with Gasteiger partial charge in [0.25, 0.3) is 6.43 Å². The van der Waals surface area contributed by atoms with Gasteiger partial charge in [-0.15, -0.1) is 0 Å². The summed E-state index contributed by atoms with van der Waals surface area (Å²) in [6.45, 7) is -0.245. The van der Waals surface area contributed by atoms with Crippen LogP contribution >= 0.6 is 0 Å². The summed E-state index contributed by atoms with van der Waals surface area (Å²) in [5, 5.41) is 4.02. The fourth-order valence-electron chi connectivity index (χ4n) is 1.39. The minimum Gasteiger partial charge on any atom is -0.375 e. The summed E-state index contributed by atoms with van der Waals surface area (Å²) in [4.78, 5) is 0. The monoisotopic (exact) mass is 233 g/mol. The van der Waals surface area contributed by atoms with Gasteiger partial charge in [-0.1, -0.05) is 0 Å². The first kappa shape index (κ1) is 13.1. The summed E-state index contributed by atoms with van der Waals surface area (Å²) < 4.78 is 29.9. The molecule has 16 heavy (non-hydrogen) atoms. The van der Waals surface area contributed by atoms with Crippen LogP contribution in [-0.2, 0) is 18.2 Å². The van der Waals surface area contributed by atoms with Gasteiger partial charge in [0.2, 0.25) is 0 Å². The van der Waals surface area contributed by atoms with Crippen LogP contribution in [0.4, 0.5) is 8.78 Å². The minimum atomic E-state index is -2.41. The first-order valence-electron chi connectivity index (χ1n) is 5.17. The van der Waals surface area contributed by atoms with Gasteiger partial charge >= 0.3 is 0 Å². The fourth-order valence-corrected chi connectivity index (χ4v) is 1.39. The maximum Gasteiger partial charge on any atom is 0.261 e. The summed E-state index contributed by atoms with van der Waals surface area (Å²) >= 11 is 0. The van der Waals surface area contributed by atoms with Gasteiger partial charge < -0.3 is 10.5 Å². The summed E-state index contributed by atoms with van der Waals surface area (Å²) in [5.74, 6) is 0. The molecule has 0 bridgehead atoms. The summed E-state index contributed by atoms with van der Waals surface area (Å²) in [6.07, 6.45) is 2.49. The summed E-state index contributed by atoms with van der Waals surface area (Å²) in [5.41, 5.74) is 6.87. The zero-order valence-corrected chi connectivity index (χ0v) is 9.27. The number of ether oxygens (including phenoxy) is 1. The van der Waals surface area contributed by atoms with Gasteiger partial charge in [-0.3, -0.25) is 4.68 Å². The van der Waals surface area contributed by atoms with Gasteiger partial charge in [0.05, 0.1) is 6.20 Å². The molecule has 0 radical (unpaired) electrons. The Bertz CT molecular complexity index is 304. The molecule has 0 fully saturated rings. The minimum absolute atomic E-state index is 0.0816. The number of halogens is 2. The van der Waals surface area contributed by atoms with Gasteiger partial charge in [-0.2, -0.15) is 5.10 Å². The highest BCUT2D eigenvalue weighted by Gasteiger charge is 2.07. The number of rotatable bonds is 7. The van der Waals surface area contributed by atoms with Crippen molar-refractivity contribution in [3.63, 3.8) is 0 Å². The SMILES string of the molecule is Cn1cc(CC(N)CCOCC(F)F)cn1. The van der Waals surface area contributed by atoms with Crippen molar-refractivity contribution in [1.29, 1.82) is 0 Å². The highest BCUT2D eigenvalue weighted by Crippen LogP contribution is 2.03. The summed E-state index contributed by atoms with van der Waals surface area (Å²) in [7, 11) is 1.83. The standard InChI is InChI=1S/C10H17F2N3O/c1-15-6-8(5-14-15)4-9(13)2-3-16-7-10(11)12/h5-6,9-10H,2-4,7,13H2,1H3. The Labute approximate surface area is 93.4 Å². The zero-order chi connectivity index (χ0) is 12.0. The maximum absolute atomic E-state index is 11.7. The van der Waals surface area contributed by atoms with Crippen LogP contribution in [0.3, 0.4) is 0 Å². The van der Waals surface area contributed by atoms with Crippen LogP contribution < -0.4 is 5.73 Å². The van der Waals surface area contributed by atoms with Crippen LogP contribution in [0.2, 0.25) is 0 Å². The Kier molecular flexibility index (Phi) is 5.34. The quantitative estimate of drug-likeness (QED) is 0.714. The highest BCUT2D eigenvalue weighted by molar-refractivity contribution is 5.05. The number of hydrogen-bond acceptors (Lipinski definition) is 3. The molecule has 1 heterocycles. The van der Waals surface area contributed by atoms with Crippen LogP contribution in [-0.4, -0.2) is 35.5 Å². The molecule has 92 valence electrons. The average molecular weight is 233 g/mol. The molecular weight excluding hydrogens is 216 g/mol. The molecule has 0 spiro atoms. The van der Waals surface area contributed by atoms with E-state index in [9.17, 15) is 8.78 Å². The Morgan fingerprint density at radius 1 is 1.56 bits per heavy atom. The van der Waals surface area contributed by atoms with Crippen LogP contribution in [0.15, 0.2) is 12.4 Å². The molecule has 0 saturated heterocycles. The van der Waals surface area contributed by atoms with Crippen molar-refractivity contribution in [2.45, 2.75) is 25.3 Å². The van der Waals surface area contributed by atoms with Gasteiger partial charge in [-0.25, -0.2) is 8.78 Å². The molecule has 1 atom stereocenters.